The Bertz CT molecular complexity index is 310. The van der Waals surface area contributed by atoms with E-state index in [1.807, 2.05) is 0 Å². The molecule has 6 heteroatoms. The Balaban J connectivity index is 5.45. The number of aliphatic carboxylic acids is 1. The third-order valence-corrected chi connectivity index (χ3v) is 6.11. The van der Waals surface area contributed by atoms with Gasteiger partial charge >= 0.3 is 5.97 Å². The average Bonchev–Trinajstić information content (AvgIpc) is 1.84. The summed E-state index contributed by atoms with van der Waals surface area (Å²) in [5, 5.41) is 8.71. The Kier molecular flexibility index (Phi) is 3.21. The lowest BCUT2D eigenvalue weighted by Gasteiger charge is -2.27. The maximum Gasteiger partial charge on any atom is 0.335 e. The van der Waals surface area contributed by atoms with Crippen LogP contribution in [0.25, 0.3) is 0 Å². The van der Waals surface area contributed by atoms with Gasteiger partial charge in [-0.1, -0.05) is 15.9 Å². The Labute approximate surface area is 86.4 Å². The molecule has 0 bridgehead atoms. The van der Waals surface area contributed by atoms with Gasteiger partial charge in [0.1, 0.15) is 0 Å². The van der Waals surface area contributed by atoms with Gasteiger partial charge in [0.2, 0.25) is 3.66 Å². The average molecular weight is 273 g/mol. The maximum absolute atomic E-state index is 11.7. The summed E-state index contributed by atoms with van der Waals surface area (Å²) in [6.07, 6.45) is 0. The van der Waals surface area contributed by atoms with Crippen molar-refractivity contribution in [2.24, 2.45) is 0 Å². The van der Waals surface area contributed by atoms with Crippen LogP contribution in [0.5, 0.6) is 0 Å². The first-order valence-corrected chi connectivity index (χ1v) is 5.88. The number of alkyl halides is 1. The smallest absolute Gasteiger partial charge is 0.335 e. The molecule has 0 saturated carbocycles. The molecule has 1 unspecified atom stereocenters. The predicted octanol–water partition coefficient (Wildman–Crippen LogP) is 1.40. The van der Waals surface area contributed by atoms with Crippen LogP contribution in [-0.2, 0) is 14.6 Å². The van der Waals surface area contributed by atoms with Gasteiger partial charge in [0.15, 0.2) is 9.84 Å². The second-order valence-electron chi connectivity index (χ2n) is 3.84. The molecule has 13 heavy (non-hydrogen) atoms. The van der Waals surface area contributed by atoms with Gasteiger partial charge in [0, 0.05) is 0 Å². The molecule has 1 N–H and O–H groups in total. The third-order valence-electron chi connectivity index (χ3n) is 1.69. The Morgan fingerprint density at radius 2 is 1.54 bits per heavy atom. The van der Waals surface area contributed by atoms with E-state index >= 15 is 0 Å². The molecule has 0 aromatic rings. The molecule has 0 aliphatic rings. The molecule has 0 rings (SSSR count). The van der Waals surface area contributed by atoms with Crippen molar-refractivity contribution in [3.05, 3.63) is 0 Å². The third kappa shape index (κ3) is 2.04. The van der Waals surface area contributed by atoms with E-state index in [2.05, 4.69) is 15.9 Å². The van der Waals surface area contributed by atoms with Crippen LogP contribution in [0.1, 0.15) is 27.7 Å². The van der Waals surface area contributed by atoms with Crippen molar-refractivity contribution in [1.29, 1.82) is 0 Å². The van der Waals surface area contributed by atoms with Crippen LogP contribution < -0.4 is 0 Å². The van der Waals surface area contributed by atoms with Crippen molar-refractivity contribution < 1.29 is 18.3 Å². The minimum absolute atomic E-state index is 1.09. The predicted molar refractivity (Wildman–Crippen MR) is 53.6 cm³/mol. The van der Waals surface area contributed by atoms with E-state index in [1.54, 1.807) is 0 Å². The number of carboxylic acids is 1. The molecule has 4 nitrogen and oxygen atoms in total. The van der Waals surface area contributed by atoms with Gasteiger partial charge in [-0.3, -0.25) is 0 Å². The second-order valence-corrected chi connectivity index (χ2v) is 9.00. The summed E-state index contributed by atoms with van der Waals surface area (Å²) in [5.74, 6) is -1.40. The van der Waals surface area contributed by atoms with Gasteiger partial charge < -0.3 is 5.11 Å². The number of hydrogen-bond acceptors (Lipinski definition) is 3. The van der Waals surface area contributed by atoms with Crippen molar-refractivity contribution in [2.75, 3.05) is 0 Å². The fourth-order valence-electron chi connectivity index (χ4n) is 0.690. The van der Waals surface area contributed by atoms with Crippen molar-refractivity contribution >= 4 is 31.7 Å². The summed E-state index contributed by atoms with van der Waals surface area (Å²) >= 11 is 2.72. The zero-order valence-electron chi connectivity index (χ0n) is 7.96. The lowest BCUT2D eigenvalue weighted by molar-refractivity contribution is -0.136. The van der Waals surface area contributed by atoms with Crippen LogP contribution >= 0.6 is 15.9 Å². The zero-order chi connectivity index (χ0) is 11.1. The van der Waals surface area contributed by atoms with E-state index in [4.69, 9.17) is 5.11 Å². The Morgan fingerprint density at radius 3 is 1.62 bits per heavy atom. The van der Waals surface area contributed by atoms with Crippen LogP contribution in [0, 0.1) is 0 Å². The lowest BCUT2D eigenvalue weighted by atomic mass is 10.3. The molecule has 0 spiro atoms. The van der Waals surface area contributed by atoms with Gasteiger partial charge in [-0.2, -0.15) is 0 Å². The number of hydrogen-bond donors (Lipinski definition) is 1. The minimum atomic E-state index is -3.76. The van der Waals surface area contributed by atoms with Crippen molar-refractivity contribution in [3.8, 4) is 0 Å². The topological polar surface area (TPSA) is 71.4 Å². The molecule has 0 aliphatic heterocycles. The normalized spacial score (nSPS) is 17.9. The first-order valence-electron chi connectivity index (χ1n) is 3.61. The summed E-state index contributed by atoms with van der Waals surface area (Å²) < 4.78 is 20.4. The van der Waals surface area contributed by atoms with Crippen molar-refractivity contribution in [3.63, 3.8) is 0 Å². The summed E-state index contributed by atoms with van der Waals surface area (Å²) in [5.41, 5.74) is 0. The van der Waals surface area contributed by atoms with Crippen molar-refractivity contribution in [1.82, 2.24) is 0 Å². The van der Waals surface area contributed by atoms with Gasteiger partial charge in [-0.15, -0.1) is 0 Å². The van der Waals surface area contributed by atoms with Gasteiger partial charge in [-0.25, -0.2) is 13.2 Å². The molecule has 0 saturated heterocycles. The van der Waals surface area contributed by atoms with Gasteiger partial charge in [0.05, 0.1) is 4.75 Å². The maximum atomic E-state index is 11.7. The van der Waals surface area contributed by atoms with Crippen molar-refractivity contribution in [2.45, 2.75) is 36.1 Å². The summed E-state index contributed by atoms with van der Waals surface area (Å²) in [6, 6.07) is 0. The number of halogens is 1. The molecule has 78 valence electrons. The first-order chi connectivity index (χ1) is 5.44. The summed E-state index contributed by atoms with van der Waals surface area (Å²) in [7, 11) is -3.76. The van der Waals surface area contributed by atoms with Crippen LogP contribution in [-0.4, -0.2) is 27.9 Å². The highest BCUT2D eigenvalue weighted by Crippen LogP contribution is 2.34. The van der Waals surface area contributed by atoms with Gasteiger partial charge in [0.25, 0.3) is 0 Å². The fraction of sp³-hybridized carbons (Fsp3) is 0.857. The van der Waals surface area contributed by atoms with Crippen LogP contribution in [0.2, 0.25) is 0 Å². The number of sulfone groups is 1. The Hall–Kier alpha value is -0.100. The molecule has 0 radical (unpaired) electrons. The molecule has 1 atom stereocenters. The quantitative estimate of drug-likeness (QED) is 0.772. The number of carbonyl (C=O) groups is 1. The molecule has 0 aliphatic carbocycles. The molecule has 0 fully saturated rings. The van der Waals surface area contributed by atoms with E-state index in [0.29, 0.717) is 0 Å². The number of rotatable bonds is 2. The highest BCUT2D eigenvalue weighted by atomic mass is 79.9. The monoisotopic (exact) mass is 272 g/mol. The molecule has 0 amide bonds. The summed E-state index contributed by atoms with van der Waals surface area (Å²) in [4.78, 5) is 10.7. The van der Waals surface area contributed by atoms with Crippen LogP contribution in [0.15, 0.2) is 0 Å². The molecule has 0 heterocycles. The van der Waals surface area contributed by atoms with Gasteiger partial charge in [-0.05, 0) is 27.7 Å². The molecular weight excluding hydrogens is 260 g/mol. The molecule has 0 aromatic carbocycles. The van der Waals surface area contributed by atoms with Crippen LogP contribution in [0.3, 0.4) is 0 Å². The second kappa shape index (κ2) is 3.24. The lowest BCUT2D eigenvalue weighted by Crippen LogP contribution is -2.46. The zero-order valence-corrected chi connectivity index (χ0v) is 10.4. The fourth-order valence-corrected chi connectivity index (χ4v) is 3.53. The summed E-state index contributed by atoms with van der Waals surface area (Å²) in [6.45, 7) is 5.51. The van der Waals surface area contributed by atoms with E-state index in [0.717, 1.165) is 6.92 Å². The van der Waals surface area contributed by atoms with Crippen LogP contribution in [0.4, 0.5) is 0 Å². The largest absolute Gasteiger partial charge is 0.479 e. The highest BCUT2D eigenvalue weighted by molar-refractivity contribution is 9.12. The minimum Gasteiger partial charge on any atom is -0.479 e. The number of carboxylic acid groups (broad SMARTS) is 1. The highest BCUT2D eigenvalue weighted by Gasteiger charge is 2.50. The van der Waals surface area contributed by atoms with E-state index in [9.17, 15) is 13.2 Å². The van der Waals surface area contributed by atoms with E-state index in [-0.39, 0.29) is 0 Å². The van der Waals surface area contributed by atoms with E-state index in [1.165, 1.54) is 20.8 Å². The SMILES string of the molecule is CC(C)(C)S(=O)(=O)C(C)(Br)C(=O)O. The molecule has 0 aromatic heterocycles. The van der Waals surface area contributed by atoms with E-state index < -0.39 is 24.2 Å². The molecular formula is C7H13BrO4S. The Morgan fingerprint density at radius 1 is 1.23 bits per heavy atom. The first kappa shape index (κ1) is 12.9. The standard InChI is InChI=1S/C7H13BrO4S/c1-6(2,3)13(11,12)7(4,8)5(9)10/h1-4H3,(H,9,10).